The van der Waals surface area contributed by atoms with Crippen LogP contribution in [0.1, 0.15) is 24.9 Å². The summed E-state index contributed by atoms with van der Waals surface area (Å²) >= 11 is 0. The fraction of sp³-hybridized carbons (Fsp3) is 0.667. The van der Waals surface area contributed by atoms with E-state index in [1.807, 2.05) is 13.1 Å². The summed E-state index contributed by atoms with van der Waals surface area (Å²) in [5.41, 5.74) is 1.16. The first-order valence-corrected chi connectivity index (χ1v) is 4.41. The highest BCUT2D eigenvalue weighted by atomic mass is 16.5. The minimum absolute atomic E-state index is 0.787. The predicted molar refractivity (Wildman–Crippen MR) is 48.1 cm³/mol. The van der Waals surface area contributed by atoms with Gasteiger partial charge in [-0.3, -0.25) is 0 Å². The highest BCUT2D eigenvalue weighted by molar-refractivity contribution is 4.99. The number of aryl methyl sites for hydroxylation is 1. The molecule has 0 saturated carbocycles. The van der Waals surface area contributed by atoms with Gasteiger partial charge in [-0.05, 0) is 13.3 Å². The van der Waals surface area contributed by atoms with Crippen LogP contribution < -0.4 is 0 Å². The zero-order valence-electron chi connectivity index (χ0n) is 7.76. The van der Waals surface area contributed by atoms with Crippen molar-refractivity contribution in [2.24, 2.45) is 0 Å². The molecule has 0 atom stereocenters. The molecule has 1 heterocycles. The van der Waals surface area contributed by atoms with E-state index < -0.39 is 0 Å². The fourth-order valence-corrected chi connectivity index (χ4v) is 1.03. The van der Waals surface area contributed by atoms with Gasteiger partial charge in [0.25, 0.3) is 0 Å². The highest BCUT2D eigenvalue weighted by Gasteiger charge is 1.95. The molecule has 0 unspecified atom stereocenters. The minimum Gasteiger partial charge on any atom is -0.381 e. The zero-order chi connectivity index (χ0) is 8.81. The fourth-order valence-electron chi connectivity index (χ4n) is 1.03. The van der Waals surface area contributed by atoms with Crippen LogP contribution in [0.25, 0.3) is 0 Å². The summed E-state index contributed by atoms with van der Waals surface area (Å²) in [4.78, 5) is 7.27. The SMILES string of the molecule is CCCOCCc1cnc(C)[nH]1. The van der Waals surface area contributed by atoms with Gasteiger partial charge in [0.15, 0.2) is 0 Å². The number of imidazole rings is 1. The maximum atomic E-state index is 5.35. The van der Waals surface area contributed by atoms with Gasteiger partial charge in [-0.1, -0.05) is 6.92 Å². The van der Waals surface area contributed by atoms with E-state index in [0.717, 1.165) is 37.6 Å². The summed E-state index contributed by atoms with van der Waals surface area (Å²) in [6.45, 7) is 5.71. The molecule has 1 N–H and O–H groups in total. The van der Waals surface area contributed by atoms with Gasteiger partial charge in [0, 0.05) is 24.9 Å². The van der Waals surface area contributed by atoms with Crippen LogP contribution in [-0.4, -0.2) is 23.2 Å². The quantitative estimate of drug-likeness (QED) is 0.679. The molecule has 0 aliphatic rings. The lowest BCUT2D eigenvalue weighted by atomic mass is 10.3. The average Bonchev–Trinajstić information content (AvgIpc) is 2.45. The summed E-state index contributed by atoms with van der Waals surface area (Å²) in [5, 5.41) is 0. The van der Waals surface area contributed by atoms with Gasteiger partial charge in [-0.15, -0.1) is 0 Å². The molecule has 0 saturated heterocycles. The Morgan fingerprint density at radius 1 is 1.50 bits per heavy atom. The Morgan fingerprint density at radius 2 is 2.33 bits per heavy atom. The Kier molecular flexibility index (Phi) is 3.80. The molecular weight excluding hydrogens is 152 g/mol. The van der Waals surface area contributed by atoms with Crippen molar-refractivity contribution in [3.8, 4) is 0 Å². The van der Waals surface area contributed by atoms with Crippen molar-refractivity contribution in [1.29, 1.82) is 0 Å². The Morgan fingerprint density at radius 3 is 2.92 bits per heavy atom. The summed E-state index contributed by atoms with van der Waals surface area (Å²) < 4.78 is 5.35. The molecule has 1 rings (SSSR count). The molecule has 0 bridgehead atoms. The number of nitrogens with zero attached hydrogens (tertiary/aromatic N) is 1. The largest absolute Gasteiger partial charge is 0.381 e. The molecule has 3 nitrogen and oxygen atoms in total. The van der Waals surface area contributed by atoms with E-state index in [1.165, 1.54) is 0 Å². The molecule has 0 amide bonds. The van der Waals surface area contributed by atoms with Crippen LogP contribution in [0.5, 0.6) is 0 Å². The van der Waals surface area contributed by atoms with E-state index in [9.17, 15) is 0 Å². The molecule has 0 fully saturated rings. The van der Waals surface area contributed by atoms with Crippen molar-refractivity contribution in [3.63, 3.8) is 0 Å². The zero-order valence-corrected chi connectivity index (χ0v) is 7.76. The van der Waals surface area contributed by atoms with Crippen LogP contribution in [0.3, 0.4) is 0 Å². The van der Waals surface area contributed by atoms with Crippen LogP contribution in [0.4, 0.5) is 0 Å². The van der Waals surface area contributed by atoms with Gasteiger partial charge >= 0.3 is 0 Å². The lowest BCUT2D eigenvalue weighted by Crippen LogP contribution is -1.99. The number of hydrogen-bond donors (Lipinski definition) is 1. The molecule has 68 valence electrons. The number of ether oxygens (including phenoxy) is 1. The smallest absolute Gasteiger partial charge is 0.103 e. The van der Waals surface area contributed by atoms with E-state index in [4.69, 9.17) is 4.74 Å². The number of hydrogen-bond acceptors (Lipinski definition) is 2. The Balaban J connectivity index is 2.15. The molecule has 12 heavy (non-hydrogen) atoms. The summed E-state index contributed by atoms with van der Waals surface area (Å²) in [7, 11) is 0. The molecule has 0 spiro atoms. The van der Waals surface area contributed by atoms with E-state index in [1.54, 1.807) is 0 Å². The lowest BCUT2D eigenvalue weighted by Gasteiger charge is -1.99. The molecule has 3 heteroatoms. The van der Waals surface area contributed by atoms with Gasteiger partial charge in [0.1, 0.15) is 5.82 Å². The molecule has 1 aromatic rings. The monoisotopic (exact) mass is 168 g/mol. The van der Waals surface area contributed by atoms with Crippen molar-refractivity contribution >= 4 is 0 Å². The first-order chi connectivity index (χ1) is 5.83. The van der Waals surface area contributed by atoms with Crippen LogP contribution in [-0.2, 0) is 11.2 Å². The predicted octanol–water partition coefficient (Wildman–Crippen LogP) is 1.69. The van der Waals surface area contributed by atoms with Crippen molar-refractivity contribution in [2.45, 2.75) is 26.7 Å². The van der Waals surface area contributed by atoms with Gasteiger partial charge in [-0.2, -0.15) is 0 Å². The second-order valence-corrected chi connectivity index (χ2v) is 2.86. The molecule has 0 aliphatic carbocycles. The third-order valence-corrected chi connectivity index (χ3v) is 1.62. The highest BCUT2D eigenvalue weighted by Crippen LogP contribution is 1.97. The topological polar surface area (TPSA) is 37.9 Å². The lowest BCUT2D eigenvalue weighted by molar-refractivity contribution is 0.137. The van der Waals surface area contributed by atoms with Crippen molar-refractivity contribution in [2.75, 3.05) is 13.2 Å². The third kappa shape index (κ3) is 3.05. The van der Waals surface area contributed by atoms with Crippen LogP contribution in [0, 0.1) is 6.92 Å². The van der Waals surface area contributed by atoms with Gasteiger partial charge in [0.05, 0.1) is 6.61 Å². The molecule has 1 aromatic heterocycles. The summed E-state index contributed by atoms with van der Waals surface area (Å²) in [6.07, 6.45) is 3.88. The maximum Gasteiger partial charge on any atom is 0.103 e. The number of H-pyrrole nitrogens is 1. The van der Waals surface area contributed by atoms with Crippen molar-refractivity contribution in [3.05, 3.63) is 17.7 Å². The van der Waals surface area contributed by atoms with E-state index in [-0.39, 0.29) is 0 Å². The van der Waals surface area contributed by atoms with Crippen molar-refractivity contribution in [1.82, 2.24) is 9.97 Å². The van der Waals surface area contributed by atoms with Crippen LogP contribution in [0.15, 0.2) is 6.20 Å². The van der Waals surface area contributed by atoms with E-state index in [2.05, 4.69) is 16.9 Å². The Bertz CT molecular complexity index is 220. The third-order valence-electron chi connectivity index (χ3n) is 1.62. The minimum atomic E-state index is 0.787. The second-order valence-electron chi connectivity index (χ2n) is 2.86. The first-order valence-electron chi connectivity index (χ1n) is 4.41. The Hall–Kier alpha value is -0.830. The van der Waals surface area contributed by atoms with E-state index in [0.29, 0.717) is 0 Å². The van der Waals surface area contributed by atoms with Crippen molar-refractivity contribution < 1.29 is 4.74 Å². The molecule has 0 radical (unpaired) electrons. The standard InChI is InChI=1S/C9H16N2O/c1-3-5-12-6-4-9-7-10-8(2)11-9/h7H,3-6H2,1-2H3,(H,10,11). The molecule has 0 aliphatic heterocycles. The second kappa shape index (κ2) is 4.93. The molecule has 0 aromatic carbocycles. The molecular formula is C9H16N2O. The van der Waals surface area contributed by atoms with Gasteiger partial charge in [0.2, 0.25) is 0 Å². The average molecular weight is 168 g/mol. The normalized spacial score (nSPS) is 10.5. The van der Waals surface area contributed by atoms with Crippen LogP contribution in [0.2, 0.25) is 0 Å². The van der Waals surface area contributed by atoms with Crippen LogP contribution >= 0.6 is 0 Å². The van der Waals surface area contributed by atoms with E-state index >= 15 is 0 Å². The summed E-state index contributed by atoms with van der Waals surface area (Å²) in [6, 6.07) is 0. The first kappa shape index (κ1) is 9.26. The number of nitrogens with one attached hydrogen (secondary N) is 1. The van der Waals surface area contributed by atoms with Gasteiger partial charge < -0.3 is 9.72 Å². The number of rotatable bonds is 5. The number of aromatic amines is 1. The summed E-state index contributed by atoms with van der Waals surface area (Å²) in [5.74, 6) is 0.973. The van der Waals surface area contributed by atoms with Gasteiger partial charge in [-0.25, -0.2) is 4.98 Å². The Labute approximate surface area is 73.2 Å². The number of aromatic nitrogens is 2. The maximum absolute atomic E-state index is 5.35.